The summed E-state index contributed by atoms with van der Waals surface area (Å²) in [5.74, 6) is 0.150. The third kappa shape index (κ3) is 4.15. The summed E-state index contributed by atoms with van der Waals surface area (Å²) in [4.78, 5) is 11.4. The molecular formula is C17H17ClO4. The highest BCUT2D eigenvalue weighted by molar-refractivity contribution is 6.31. The Bertz CT molecular complexity index is 669. The molecule has 0 saturated carbocycles. The van der Waals surface area contributed by atoms with Crippen LogP contribution in [0.15, 0.2) is 42.5 Å². The monoisotopic (exact) mass is 320 g/mol. The second-order valence-corrected chi connectivity index (χ2v) is 5.32. The van der Waals surface area contributed by atoms with E-state index in [0.717, 1.165) is 11.1 Å². The smallest absolute Gasteiger partial charge is 0.345 e. The maximum absolute atomic E-state index is 11.4. The molecule has 0 heterocycles. The van der Waals surface area contributed by atoms with E-state index in [-0.39, 0.29) is 6.42 Å². The van der Waals surface area contributed by atoms with Crippen molar-refractivity contribution in [2.24, 2.45) is 0 Å². The predicted octanol–water partition coefficient (Wildman–Crippen LogP) is 3.73. The molecule has 0 unspecified atom stereocenters. The molecule has 2 aromatic rings. The molecule has 4 nitrogen and oxygen atoms in total. The molecule has 116 valence electrons. The summed E-state index contributed by atoms with van der Waals surface area (Å²) < 4.78 is 10.7. The standard InChI is InChI=1S/C17H17ClO4/c1-11-8-14(6-7-15(11)18)22-16(17(19)20)10-12-4-3-5-13(9-12)21-2/h3-9,16H,10H2,1-2H3,(H,19,20)/t16-/m0/s1. The molecule has 0 bridgehead atoms. The fourth-order valence-electron chi connectivity index (χ4n) is 2.05. The predicted molar refractivity (Wildman–Crippen MR) is 84.9 cm³/mol. The number of methoxy groups -OCH3 is 1. The number of halogens is 1. The first-order valence-electron chi connectivity index (χ1n) is 6.78. The first kappa shape index (κ1) is 16.2. The number of aliphatic carboxylic acids is 1. The van der Waals surface area contributed by atoms with E-state index in [1.807, 2.05) is 25.1 Å². The molecule has 0 radical (unpaired) electrons. The molecule has 0 aliphatic rings. The Hall–Kier alpha value is -2.20. The molecule has 2 rings (SSSR count). The number of aryl methyl sites for hydroxylation is 1. The van der Waals surface area contributed by atoms with Crippen molar-refractivity contribution in [2.75, 3.05) is 7.11 Å². The molecule has 0 aromatic heterocycles. The SMILES string of the molecule is COc1cccc(C[C@H](Oc2ccc(Cl)c(C)c2)C(=O)O)c1. The molecule has 0 spiro atoms. The lowest BCUT2D eigenvalue weighted by atomic mass is 10.1. The van der Waals surface area contributed by atoms with Crippen molar-refractivity contribution in [3.63, 3.8) is 0 Å². The minimum atomic E-state index is -1.02. The summed E-state index contributed by atoms with van der Waals surface area (Å²) in [6, 6.07) is 12.3. The lowest BCUT2D eigenvalue weighted by Gasteiger charge is -2.16. The molecule has 22 heavy (non-hydrogen) atoms. The van der Waals surface area contributed by atoms with Crippen LogP contribution in [0.4, 0.5) is 0 Å². The molecule has 0 fully saturated rings. The van der Waals surface area contributed by atoms with Gasteiger partial charge < -0.3 is 14.6 Å². The molecule has 2 aromatic carbocycles. The van der Waals surface area contributed by atoms with Crippen molar-refractivity contribution in [1.29, 1.82) is 0 Å². The van der Waals surface area contributed by atoms with Crippen LogP contribution in [0.5, 0.6) is 11.5 Å². The van der Waals surface area contributed by atoms with Gasteiger partial charge in [-0.05, 0) is 48.4 Å². The molecule has 0 aliphatic heterocycles. The van der Waals surface area contributed by atoms with Crippen LogP contribution in [0.1, 0.15) is 11.1 Å². The van der Waals surface area contributed by atoms with Crippen LogP contribution in [-0.4, -0.2) is 24.3 Å². The average Bonchev–Trinajstić information content (AvgIpc) is 2.50. The van der Waals surface area contributed by atoms with Crippen LogP contribution in [0.25, 0.3) is 0 Å². The van der Waals surface area contributed by atoms with Crippen LogP contribution in [0.3, 0.4) is 0 Å². The van der Waals surface area contributed by atoms with E-state index in [1.165, 1.54) is 0 Å². The van der Waals surface area contributed by atoms with Gasteiger partial charge in [-0.1, -0.05) is 23.7 Å². The summed E-state index contributed by atoms with van der Waals surface area (Å²) in [7, 11) is 1.57. The molecule has 0 aliphatic carbocycles. The molecule has 1 atom stereocenters. The van der Waals surface area contributed by atoms with Gasteiger partial charge in [-0.25, -0.2) is 4.79 Å². The summed E-state index contributed by atoms with van der Waals surface area (Å²) >= 11 is 5.96. The Balaban J connectivity index is 2.15. The number of hydrogen-bond acceptors (Lipinski definition) is 3. The summed E-state index contributed by atoms with van der Waals surface area (Å²) in [6.45, 7) is 1.84. The minimum Gasteiger partial charge on any atom is -0.497 e. The van der Waals surface area contributed by atoms with Crippen molar-refractivity contribution in [1.82, 2.24) is 0 Å². The van der Waals surface area contributed by atoms with Crippen LogP contribution < -0.4 is 9.47 Å². The van der Waals surface area contributed by atoms with Gasteiger partial charge in [-0.3, -0.25) is 0 Å². The van der Waals surface area contributed by atoms with Gasteiger partial charge in [-0.15, -0.1) is 0 Å². The van der Waals surface area contributed by atoms with E-state index in [2.05, 4.69) is 0 Å². The summed E-state index contributed by atoms with van der Waals surface area (Å²) in [5.41, 5.74) is 1.67. The van der Waals surface area contributed by atoms with Crippen molar-refractivity contribution < 1.29 is 19.4 Å². The van der Waals surface area contributed by atoms with Crippen molar-refractivity contribution in [3.8, 4) is 11.5 Å². The number of rotatable bonds is 6. The Morgan fingerprint density at radius 2 is 2.00 bits per heavy atom. The molecular weight excluding hydrogens is 304 g/mol. The highest BCUT2D eigenvalue weighted by atomic mass is 35.5. The Labute approximate surface area is 134 Å². The maximum atomic E-state index is 11.4. The molecule has 5 heteroatoms. The lowest BCUT2D eigenvalue weighted by molar-refractivity contribution is -0.145. The number of carboxylic acids is 1. The second kappa shape index (κ2) is 7.18. The zero-order valence-electron chi connectivity index (χ0n) is 12.4. The van der Waals surface area contributed by atoms with Crippen LogP contribution in [-0.2, 0) is 11.2 Å². The fourth-order valence-corrected chi connectivity index (χ4v) is 2.17. The van der Waals surface area contributed by atoms with Gasteiger partial charge >= 0.3 is 5.97 Å². The van der Waals surface area contributed by atoms with E-state index in [0.29, 0.717) is 16.5 Å². The Morgan fingerprint density at radius 1 is 1.23 bits per heavy atom. The van der Waals surface area contributed by atoms with Gasteiger partial charge in [0.2, 0.25) is 0 Å². The number of carboxylic acid groups (broad SMARTS) is 1. The van der Waals surface area contributed by atoms with Crippen LogP contribution in [0, 0.1) is 6.92 Å². The molecule has 1 N–H and O–H groups in total. The number of carbonyl (C=O) groups is 1. The highest BCUT2D eigenvalue weighted by Crippen LogP contribution is 2.23. The van der Waals surface area contributed by atoms with E-state index < -0.39 is 12.1 Å². The number of benzene rings is 2. The van der Waals surface area contributed by atoms with Crippen molar-refractivity contribution >= 4 is 17.6 Å². The van der Waals surface area contributed by atoms with E-state index >= 15 is 0 Å². The summed E-state index contributed by atoms with van der Waals surface area (Å²) in [5, 5.41) is 9.98. The fraction of sp³-hybridized carbons (Fsp3) is 0.235. The van der Waals surface area contributed by atoms with Crippen LogP contribution >= 0.6 is 11.6 Å². The van der Waals surface area contributed by atoms with Crippen LogP contribution in [0.2, 0.25) is 5.02 Å². The zero-order chi connectivity index (χ0) is 16.1. The number of hydrogen-bond donors (Lipinski definition) is 1. The highest BCUT2D eigenvalue weighted by Gasteiger charge is 2.20. The third-order valence-electron chi connectivity index (χ3n) is 3.24. The van der Waals surface area contributed by atoms with Crippen molar-refractivity contribution in [3.05, 3.63) is 58.6 Å². The van der Waals surface area contributed by atoms with Gasteiger partial charge in [0.15, 0.2) is 6.10 Å². The quantitative estimate of drug-likeness (QED) is 0.881. The molecule has 0 saturated heterocycles. The van der Waals surface area contributed by atoms with Crippen molar-refractivity contribution in [2.45, 2.75) is 19.4 Å². The Morgan fingerprint density at radius 3 is 2.64 bits per heavy atom. The second-order valence-electron chi connectivity index (χ2n) is 4.91. The topological polar surface area (TPSA) is 55.8 Å². The summed E-state index contributed by atoms with van der Waals surface area (Å²) in [6.07, 6.45) is -0.735. The number of ether oxygens (including phenoxy) is 2. The van der Waals surface area contributed by atoms with Gasteiger partial charge in [0.05, 0.1) is 7.11 Å². The normalized spacial score (nSPS) is 11.8. The van der Waals surface area contributed by atoms with Gasteiger partial charge in [0.25, 0.3) is 0 Å². The minimum absolute atomic E-state index is 0.244. The zero-order valence-corrected chi connectivity index (χ0v) is 13.1. The van der Waals surface area contributed by atoms with Gasteiger partial charge in [0.1, 0.15) is 11.5 Å². The average molecular weight is 321 g/mol. The third-order valence-corrected chi connectivity index (χ3v) is 3.66. The van der Waals surface area contributed by atoms with Gasteiger partial charge in [-0.2, -0.15) is 0 Å². The first-order valence-corrected chi connectivity index (χ1v) is 7.16. The van der Waals surface area contributed by atoms with E-state index in [9.17, 15) is 9.90 Å². The van der Waals surface area contributed by atoms with E-state index in [1.54, 1.807) is 31.4 Å². The largest absolute Gasteiger partial charge is 0.497 e. The maximum Gasteiger partial charge on any atom is 0.345 e. The molecule has 0 amide bonds. The Kier molecular flexibility index (Phi) is 5.28. The first-order chi connectivity index (χ1) is 10.5. The lowest BCUT2D eigenvalue weighted by Crippen LogP contribution is -2.29. The van der Waals surface area contributed by atoms with E-state index in [4.69, 9.17) is 21.1 Å². The van der Waals surface area contributed by atoms with Gasteiger partial charge in [0, 0.05) is 11.4 Å².